The third-order valence-corrected chi connectivity index (χ3v) is 3.60. The molecule has 74 valence electrons. The lowest BCUT2D eigenvalue weighted by Gasteiger charge is -2.42. The largest absolute Gasteiger partial charge is 0.367 e. The van der Waals surface area contributed by atoms with Crippen LogP contribution < -0.4 is 0 Å². The Kier molecular flexibility index (Phi) is 2.23. The molecule has 1 saturated carbocycles. The molecule has 2 rings (SSSR count). The van der Waals surface area contributed by atoms with Crippen LogP contribution in [0.5, 0.6) is 0 Å². The van der Waals surface area contributed by atoms with E-state index in [0.717, 1.165) is 0 Å². The van der Waals surface area contributed by atoms with Crippen LogP contribution in [0.3, 0.4) is 0 Å². The van der Waals surface area contributed by atoms with Crippen LogP contribution in [0.1, 0.15) is 46.5 Å². The molecule has 0 spiro atoms. The maximum absolute atomic E-state index is 6.12. The Morgan fingerprint density at radius 2 is 2.15 bits per heavy atom. The van der Waals surface area contributed by atoms with Gasteiger partial charge in [-0.05, 0) is 38.7 Å². The zero-order valence-electron chi connectivity index (χ0n) is 8.97. The van der Waals surface area contributed by atoms with Crippen LogP contribution in [0, 0.1) is 5.92 Å². The Balaban J connectivity index is 2.21. The average molecular weight is 180 g/mol. The van der Waals surface area contributed by atoms with E-state index in [-0.39, 0.29) is 5.60 Å². The van der Waals surface area contributed by atoms with E-state index in [9.17, 15) is 0 Å². The van der Waals surface area contributed by atoms with Crippen LogP contribution >= 0.6 is 0 Å². The van der Waals surface area contributed by atoms with Crippen molar-refractivity contribution in [1.29, 1.82) is 0 Å². The molecular formula is C12H20O. The van der Waals surface area contributed by atoms with Gasteiger partial charge in [0.1, 0.15) is 0 Å². The second-order valence-electron chi connectivity index (χ2n) is 4.99. The lowest BCUT2D eigenvalue weighted by atomic mass is 9.81. The molecule has 0 aromatic rings. The first kappa shape index (κ1) is 9.26. The minimum absolute atomic E-state index is 0.0471. The average Bonchev–Trinajstić information content (AvgIpc) is 2.06. The van der Waals surface area contributed by atoms with E-state index in [1.54, 1.807) is 5.57 Å². The molecule has 2 atom stereocenters. The van der Waals surface area contributed by atoms with E-state index in [2.05, 4.69) is 26.8 Å². The molecule has 0 aromatic carbocycles. The second-order valence-corrected chi connectivity index (χ2v) is 4.99. The molecule has 0 bridgehead atoms. The summed E-state index contributed by atoms with van der Waals surface area (Å²) >= 11 is 0. The molecule has 2 unspecified atom stereocenters. The highest BCUT2D eigenvalue weighted by Crippen LogP contribution is 2.38. The van der Waals surface area contributed by atoms with E-state index >= 15 is 0 Å². The Labute approximate surface area is 81.2 Å². The van der Waals surface area contributed by atoms with Gasteiger partial charge in [-0.3, -0.25) is 0 Å². The first-order valence-electron chi connectivity index (χ1n) is 5.48. The molecule has 1 heteroatoms. The summed E-state index contributed by atoms with van der Waals surface area (Å²) < 4.78 is 6.12. The van der Waals surface area contributed by atoms with E-state index in [1.807, 2.05) is 0 Å². The quantitative estimate of drug-likeness (QED) is 0.520. The fourth-order valence-electron chi connectivity index (χ4n) is 2.33. The van der Waals surface area contributed by atoms with Gasteiger partial charge in [-0.1, -0.05) is 19.4 Å². The summed E-state index contributed by atoms with van der Waals surface area (Å²) in [7, 11) is 0. The summed E-state index contributed by atoms with van der Waals surface area (Å²) in [5.41, 5.74) is 1.61. The van der Waals surface area contributed by atoms with Crippen molar-refractivity contribution >= 4 is 0 Å². The first-order chi connectivity index (χ1) is 6.09. The standard InChI is InChI=1S/C12H20O/c1-9-8-10-6-4-5-7-11(10)13-12(9,2)3/h8-9,11H,4-7H2,1-3H3. The lowest BCUT2D eigenvalue weighted by molar-refractivity contribution is -0.0961. The highest BCUT2D eigenvalue weighted by Gasteiger charge is 2.35. The van der Waals surface area contributed by atoms with Crippen molar-refractivity contribution < 1.29 is 4.74 Å². The fraction of sp³-hybridized carbons (Fsp3) is 0.833. The van der Waals surface area contributed by atoms with Crippen molar-refractivity contribution in [1.82, 2.24) is 0 Å². The highest BCUT2D eigenvalue weighted by atomic mass is 16.5. The Morgan fingerprint density at radius 1 is 1.38 bits per heavy atom. The van der Waals surface area contributed by atoms with Crippen LogP contribution in [0.2, 0.25) is 0 Å². The normalized spacial score (nSPS) is 37.9. The smallest absolute Gasteiger partial charge is 0.0792 e. The third-order valence-electron chi connectivity index (χ3n) is 3.60. The van der Waals surface area contributed by atoms with Crippen molar-refractivity contribution in [2.45, 2.75) is 58.2 Å². The number of rotatable bonds is 0. The van der Waals surface area contributed by atoms with Gasteiger partial charge in [0.2, 0.25) is 0 Å². The topological polar surface area (TPSA) is 9.23 Å². The summed E-state index contributed by atoms with van der Waals surface area (Å²) in [5.74, 6) is 0.567. The summed E-state index contributed by atoms with van der Waals surface area (Å²) in [6.07, 6.45) is 8.10. The zero-order valence-corrected chi connectivity index (χ0v) is 8.97. The molecule has 1 nitrogen and oxygen atoms in total. The van der Waals surface area contributed by atoms with Crippen LogP contribution in [0.4, 0.5) is 0 Å². The van der Waals surface area contributed by atoms with Crippen molar-refractivity contribution in [2.75, 3.05) is 0 Å². The number of ether oxygens (including phenoxy) is 1. The van der Waals surface area contributed by atoms with Gasteiger partial charge in [0.15, 0.2) is 0 Å². The van der Waals surface area contributed by atoms with Gasteiger partial charge < -0.3 is 4.74 Å². The predicted molar refractivity (Wildman–Crippen MR) is 54.7 cm³/mol. The highest BCUT2D eigenvalue weighted by molar-refractivity contribution is 5.17. The minimum atomic E-state index is 0.0471. The Bertz CT molecular complexity index is 227. The summed E-state index contributed by atoms with van der Waals surface area (Å²) in [6.45, 7) is 6.68. The molecule has 1 fully saturated rings. The first-order valence-corrected chi connectivity index (χ1v) is 5.48. The van der Waals surface area contributed by atoms with Crippen molar-refractivity contribution in [2.24, 2.45) is 5.92 Å². The molecule has 0 radical (unpaired) electrons. The molecule has 0 aromatic heterocycles. The minimum Gasteiger partial charge on any atom is -0.367 e. The number of fused-ring (bicyclic) bond motifs is 1. The van der Waals surface area contributed by atoms with Gasteiger partial charge in [0.05, 0.1) is 11.7 Å². The van der Waals surface area contributed by atoms with Crippen molar-refractivity contribution in [3.8, 4) is 0 Å². The summed E-state index contributed by atoms with van der Waals surface area (Å²) in [4.78, 5) is 0. The van der Waals surface area contributed by atoms with Crippen molar-refractivity contribution in [3.05, 3.63) is 11.6 Å². The maximum Gasteiger partial charge on any atom is 0.0792 e. The molecule has 0 saturated heterocycles. The van der Waals surface area contributed by atoms with Gasteiger partial charge in [0, 0.05) is 5.92 Å². The van der Waals surface area contributed by atoms with E-state index in [0.29, 0.717) is 12.0 Å². The molecule has 1 aliphatic carbocycles. The van der Waals surface area contributed by atoms with E-state index in [1.165, 1.54) is 25.7 Å². The Hall–Kier alpha value is -0.300. The molecule has 1 heterocycles. The monoisotopic (exact) mass is 180 g/mol. The summed E-state index contributed by atoms with van der Waals surface area (Å²) in [5, 5.41) is 0. The van der Waals surface area contributed by atoms with Crippen LogP contribution in [-0.4, -0.2) is 11.7 Å². The zero-order chi connectivity index (χ0) is 9.47. The van der Waals surface area contributed by atoms with E-state index < -0.39 is 0 Å². The van der Waals surface area contributed by atoms with Gasteiger partial charge in [-0.2, -0.15) is 0 Å². The molecule has 1 aliphatic heterocycles. The van der Waals surface area contributed by atoms with Crippen molar-refractivity contribution in [3.63, 3.8) is 0 Å². The summed E-state index contributed by atoms with van der Waals surface area (Å²) in [6, 6.07) is 0. The maximum atomic E-state index is 6.12. The fourth-order valence-corrected chi connectivity index (χ4v) is 2.33. The van der Waals surface area contributed by atoms with E-state index in [4.69, 9.17) is 4.74 Å². The molecule has 13 heavy (non-hydrogen) atoms. The third kappa shape index (κ3) is 1.67. The molecular weight excluding hydrogens is 160 g/mol. The number of hydrogen-bond acceptors (Lipinski definition) is 1. The van der Waals surface area contributed by atoms with Crippen LogP contribution in [-0.2, 0) is 4.74 Å². The van der Waals surface area contributed by atoms with Gasteiger partial charge >= 0.3 is 0 Å². The van der Waals surface area contributed by atoms with Gasteiger partial charge in [-0.25, -0.2) is 0 Å². The van der Waals surface area contributed by atoms with Gasteiger partial charge in [0.25, 0.3) is 0 Å². The van der Waals surface area contributed by atoms with Crippen LogP contribution in [0.15, 0.2) is 11.6 Å². The second kappa shape index (κ2) is 3.13. The Morgan fingerprint density at radius 3 is 2.92 bits per heavy atom. The van der Waals surface area contributed by atoms with Crippen LogP contribution in [0.25, 0.3) is 0 Å². The predicted octanol–water partition coefficient (Wildman–Crippen LogP) is 3.30. The SMILES string of the molecule is CC1C=C2CCCCC2OC1(C)C. The molecule has 0 amide bonds. The number of hydrogen-bond donors (Lipinski definition) is 0. The molecule has 0 N–H and O–H groups in total. The van der Waals surface area contributed by atoms with Gasteiger partial charge in [-0.15, -0.1) is 0 Å². The molecule has 2 aliphatic rings. The lowest BCUT2D eigenvalue weighted by Crippen LogP contribution is -2.41.